The standard InChI is InChI=1S/C24H27N5O4/c1-24(2,3)33-23(32)27-20(15-16-7-5-4-6-8-16)22(31)26-17-9-11-18(12-10-17)29-14-13-19(28-29)21(25)30/h4-14,20H,15H2,1-3H3,(H2,25,30)(H,26,31)(H,27,32). The van der Waals surface area contributed by atoms with Gasteiger partial charge in [-0.2, -0.15) is 5.10 Å². The number of primary amides is 1. The van der Waals surface area contributed by atoms with E-state index in [4.69, 9.17) is 10.5 Å². The number of benzene rings is 2. The quantitative estimate of drug-likeness (QED) is 0.511. The smallest absolute Gasteiger partial charge is 0.408 e. The Hall–Kier alpha value is -4.14. The zero-order chi connectivity index (χ0) is 24.0. The van der Waals surface area contributed by atoms with E-state index in [2.05, 4.69) is 15.7 Å². The summed E-state index contributed by atoms with van der Waals surface area (Å²) in [5, 5.41) is 9.58. The normalized spacial score (nSPS) is 12.0. The number of hydrogen-bond acceptors (Lipinski definition) is 5. The minimum Gasteiger partial charge on any atom is -0.444 e. The van der Waals surface area contributed by atoms with E-state index in [0.717, 1.165) is 5.56 Å². The molecule has 1 atom stereocenters. The first kappa shape index (κ1) is 23.5. The van der Waals surface area contributed by atoms with E-state index < -0.39 is 23.6 Å². The highest BCUT2D eigenvalue weighted by Crippen LogP contribution is 2.15. The minimum atomic E-state index is -0.842. The van der Waals surface area contributed by atoms with Gasteiger partial charge in [0.1, 0.15) is 17.3 Å². The Balaban J connectivity index is 1.72. The first-order valence-corrected chi connectivity index (χ1v) is 10.4. The van der Waals surface area contributed by atoms with Crippen LogP contribution in [0.15, 0.2) is 66.9 Å². The van der Waals surface area contributed by atoms with Crippen LogP contribution in [0, 0.1) is 0 Å². The first-order valence-electron chi connectivity index (χ1n) is 10.4. The molecule has 0 saturated heterocycles. The van der Waals surface area contributed by atoms with Crippen LogP contribution in [-0.4, -0.2) is 39.3 Å². The van der Waals surface area contributed by atoms with Crippen LogP contribution in [0.25, 0.3) is 5.69 Å². The molecule has 172 valence electrons. The highest BCUT2D eigenvalue weighted by Gasteiger charge is 2.25. The molecular formula is C24H27N5O4. The van der Waals surface area contributed by atoms with Gasteiger partial charge in [0.25, 0.3) is 5.91 Å². The zero-order valence-corrected chi connectivity index (χ0v) is 18.7. The number of carbonyl (C=O) groups excluding carboxylic acids is 3. The second-order valence-corrected chi connectivity index (χ2v) is 8.43. The second kappa shape index (κ2) is 9.99. The molecule has 33 heavy (non-hydrogen) atoms. The van der Waals surface area contributed by atoms with Gasteiger partial charge in [0.15, 0.2) is 0 Å². The van der Waals surface area contributed by atoms with Crippen LogP contribution in [0.5, 0.6) is 0 Å². The number of alkyl carbamates (subject to hydrolysis) is 1. The predicted molar refractivity (Wildman–Crippen MR) is 124 cm³/mol. The van der Waals surface area contributed by atoms with Gasteiger partial charge in [-0.15, -0.1) is 0 Å². The number of aromatic nitrogens is 2. The van der Waals surface area contributed by atoms with Crippen LogP contribution in [0.2, 0.25) is 0 Å². The van der Waals surface area contributed by atoms with Gasteiger partial charge in [0.05, 0.1) is 5.69 Å². The molecule has 0 aliphatic rings. The zero-order valence-electron chi connectivity index (χ0n) is 18.7. The van der Waals surface area contributed by atoms with E-state index in [0.29, 0.717) is 17.8 Å². The topological polar surface area (TPSA) is 128 Å². The maximum Gasteiger partial charge on any atom is 0.408 e. The number of nitrogens with two attached hydrogens (primary N) is 1. The highest BCUT2D eigenvalue weighted by atomic mass is 16.6. The van der Waals surface area contributed by atoms with E-state index in [9.17, 15) is 14.4 Å². The molecule has 1 unspecified atom stereocenters. The first-order chi connectivity index (χ1) is 15.6. The van der Waals surface area contributed by atoms with Crippen molar-refractivity contribution in [2.75, 3.05) is 5.32 Å². The number of carbonyl (C=O) groups is 3. The van der Waals surface area contributed by atoms with E-state index in [1.165, 1.54) is 10.7 Å². The summed E-state index contributed by atoms with van der Waals surface area (Å²) in [6.07, 6.45) is 1.25. The van der Waals surface area contributed by atoms with Gasteiger partial charge in [0.2, 0.25) is 5.91 Å². The lowest BCUT2D eigenvalue weighted by Gasteiger charge is -2.23. The molecule has 9 nitrogen and oxygen atoms in total. The molecule has 9 heteroatoms. The fraction of sp³-hybridized carbons (Fsp3) is 0.250. The molecule has 1 aromatic heterocycles. The summed E-state index contributed by atoms with van der Waals surface area (Å²) in [7, 11) is 0. The predicted octanol–water partition coefficient (Wildman–Crippen LogP) is 3.05. The molecule has 0 bridgehead atoms. The van der Waals surface area contributed by atoms with Crippen LogP contribution in [0.4, 0.5) is 10.5 Å². The number of ether oxygens (including phenoxy) is 1. The molecule has 0 aliphatic heterocycles. The third kappa shape index (κ3) is 6.93. The van der Waals surface area contributed by atoms with Gasteiger partial charge in [-0.3, -0.25) is 9.59 Å². The molecule has 1 heterocycles. The van der Waals surface area contributed by atoms with Gasteiger partial charge in [0, 0.05) is 18.3 Å². The van der Waals surface area contributed by atoms with Gasteiger partial charge < -0.3 is 21.1 Å². The van der Waals surface area contributed by atoms with Crippen molar-refractivity contribution in [3.8, 4) is 5.69 Å². The van der Waals surface area contributed by atoms with Crippen LogP contribution in [-0.2, 0) is 16.0 Å². The second-order valence-electron chi connectivity index (χ2n) is 8.43. The highest BCUT2D eigenvalue weighted by molar-refractivity contribution is 5.96. The lowest BCUT2D eigenvalue weighted by molar-refractivity contribution is -0.118. The van der Waals surface area contributed by atoms with Crippen molar-refractivity contribution < 1.29 is 19.1 Å². The van der Waals surface area contributed by atoms with Crippen LogP contribution in [0.1, 0.15) is 36.8 Å². The van der Waals surface area contributed by atoms with Crippen molar-refractivity contribution >= 4 is 23.6 Å². The van der Waals surface area contributed by atoms with Gasteiger partial charge in [-0.1, -0.05) is 30.3 Å². The largest absolute Gasteiger partial charge is 0.444 e. The summed E-state index contributed by atoms with van der Waals surface area (Å²) in [6.45, 7) is 5.27. The Labute approximate surface area is 191 Å². The number of nitrogens with zero attached hydrogens (tertiary/aromatic N) is 2. The van der Waals surface area contributed by atoms with Crippen LogP contribution >= 0.6 is 0 Å². The van der Waals surface area contributed by atoms with E-state index in [-0.39, 0.29) is 11.6 Å². The van der Waals surface area contributed by atoms with Crippen molar-refractivity contribution in [2.45, 2.75) is 38.8 Å². The van der Waals surface area contributed by atoms with E-state index in [1.807, 2.05) is 30.3 Å². The molecule has 3 amide bonds. The summed E-state index contributed by atoms with van der Waals surface area (Å²) in [6, 6.07) is 16.9. The number of amides is 3. The molecule has 0 saturated carbocycles. The lowest BCUT2D eigenvalue weighted by Crippen LogP contribution is -2.47. The van der Waals surface area contributed by atoms with Crippen molar-refractivity contribution in [1.29, 1.82) is 0 Å². The number of anilines is 1. The molecular weight excluding hydrogens is 422 g/mol. The molecule has 0 fully saturated rings. The fourth-order valence-electron chi connectivity index (χ4n) is 3.03. The Kier molecular flexibility index (Phi) is 7.12. The minimum absolute atomic E-state index is 0.157. The van der Waals surface area contributed by atoms with Crippen molar-refractivity contribution in [3.63, 3.8) is 0 Å². The molecule has 2 aromatic carbocycles. The average molecular weight is 450 g/mol. The molecule has 3 aromatic rings. The Morgan fingerprint density at radius 1 is 1.03 bits per heavy atom. The molecule has 0 radical (unpaired) electrons. The summed E-state index contributed by atoms with van der Waals surface area (Å²) in [5.41, 5.74) is 6.83. The SMILES string of the molecule is CC(C)(C)OC(=O)NC(Cc1ccccc1)C(=O)Nc1ccc(-n2ccc(C(N)=O)n2)cc1. The van der Waals surface area contributed by atoms with E-state index >= 15 is 0 Å². The number of nitrogens with one attached hydrogen (secondary N) is 2. The maximum atomic E-state index is 13.0. The van der Waals surface area contributed by atoms with Crippen molar-refractivity contribution in [2.24, 2.45) is 5.73 Å². The van der Waals surface area contributed by atoms with Gasteiger partial charge >= 0.3 is 6.09 Å². The fourth-order valence-corrected chi connectivity index (χ4v) is 3.03. The van der Waals surface area contributed by atoms with Crippen LogP contribution < -0.4 is 16.4 Å². The molecule has 0 spiro atoms. The number of hydrogen-bond donors (Lipinski definition) is 3. The van der Waals surface area contributed by atoms with Gasteiger partial charge in [-0.05, 0) is 56.7 Å². The lowest BCUT2D eigenvalue weighted by atomic mass is 10.1. The monoisotopic (exact) mass is 449 g/mol. The summed E-state index contributed by atoms with van der Waals surface area (Å²) < 4.78 is 6.83. The van der Waals surface area contributed by atoms with E-state index in [1.54, 1.807) is 51.2 Å². The third-order valence-electron chi connectivity index (χ3n) is 4.53. The van der Waals surface area contributed by atoms with Gasteiger partial charge in [-0.25, -0.2) is 9.48 Å². The van der Waals surface area contributed by atoms with Crippen LogP contribution in [0.3, 0.4) is 0 Å². The number of rotatable bonds is 7. The maximum absolute atomic E-state index is 13.0. The Morgan fingerprint density at radius 2 is 1.70 bits per heavy atom. The molecule has 3 rings (SSSR count). The Bertz CT molecular complexity index is 1120. The Morgan fingerprint density at radius 3 is 2.27 bits per heavy atom. The van der Waals surface area contributed by atoms with Crippen molar-refractivity contribution in [1.82, 2.24) is 15.1 Å². The average Bonchev–Trinajstić information content (AvgIpc) is 3.24. The summed E-state index contributed by atoms with van der Waals surface area (Å²) in [4.78, 5) is 36.5. The summed E-state index contributed by atoms with van der Waals surface area (Å²) in [5.74, 6) is -0.993. The summed E-state index contributed by atoms with van der Waals surface area (Å²) >= 11 is 0. The third-order valence-corrected chi connectivity index (χ3v) is 4.53. The van der Waals surface area contributed by atoms with Crippen molar-refractivity contribution in [3.05, 3.63) is 78.1 Å². The molecule has 4 N–H and O–H groups in total. The molecule has 0 aliphatic carbocycles.